The predicted molar refractivity (Wildman–Crippen MR) is 76.6 cm³/mol. The van der Waals surface area contributed by atoms with E-state index in [1.165, 1.54) is 19.3 Å². The quantitative estimate of drug-likeness (QED) is 0.907. The van der Waals surface area contributed by atoms with Gasteiger partial charge in [-0.2, -0.15) is 0 Å². The summed E-state index contributed by atoms with van der Waals surface area (Å²) >= 11 is 3.43. The zero-order valence-corrected chi connectivity index (χ0v) is 12.5. The molecule has 1 heterocycles. The van der Waals surface area contributed by atoms with Crippen LogP contribution in [0.25, 0.3) is 0 Å². The number of hydrogen-bond donors (Lipinski definition) is 1. The number of hydrogen-bond acceptors (Lipinski definition) is 2. The Morgan fingerprint density at radius 3 is 2.63 bits per heavy atom. The Morgan fingerprint density at radius 2 is 2.00 bits per heavy atom. The number of carbonyl (C=O) groups excluding carboxylic acids is 1. The van der Waals surface area contributed by atoms with E-state index >= 15 is 0 Å². The molecule has 1 aromatic rings. The van der Waals surface area contributed by atoms with E-state index in [4.69, 9.17) is 0 Å². The minimum absolute atomic E-state index is 0.195. The molecule has 0 radical (unpaired) electrons. The second-order valence-corrected chi connectivity index (χ2v) is 7.12. The number of carbonyl (C=O) groups is 1. The topological polar surface area (TPSA) is 42.0 Å². The number of amides is 1. The number of nitrogens with zero attached hydrogens (tertiary/aromatic N) is 1. The first-order valence-electron chi connectivity index (χ1n) is 7.09. The highest BCUT2D eigenvalue weighted by Gasteiger charge is 2.67. The Hall–Kier alpha value is -0.900. The summed E-state index contributed by atoms with van der Waals surface area (Å²) in [6.07, 6.45) is 4.09. The van der Waals surface area contributed by atoms with Gasteiger partial charge in [0.25, 0.3) is 0 Å². The number of halogens is 1. The average molecular weight is 321 g/mol. The van der Waals surface area contributed by atoms with Crippen molar-refractivity contribution in [1.29, 1.82) is 0 Å². The Labute approximate surface area is 121 Å². The Morgan fingerprint density at radius 1 is 1.32 bits per heavy atom. The maximum absolute atomic E-state index is 12.3. The monoisotopic (exact) mass is 320 g/mol. The van der Waals surface area contributed by atoms with Gasteiger partial charge in [0.1, 0.15) is 5.82 Å². The Kier molecular flexibility index (Phi) is 2.53. The first-order valence-corrected chi connectivity index (χ1v) is 7.88. The minimum atomic E-state index is 0.195. The maximum Gasteiger partial charge on any atom is 0.229 e. The number of fused-ring (bicyclic) bond motifs is 5. The van der Waals surface area contributed by atoms with Crippen LogP contribution in [0.2, 0.25) is 0 Å². The molecule has 3 nitrogen and oxygen atoms in total. The van der Waals surface area contributed by atoms with E-state index in [2.05, 4.69) is 26.2 Å². The molecule has 3 fully saturated rings. The lowest BCUT2D eigenvalue weighted by molar-refractivity contribution is -0.118. The van der Waals surface area contributed by atoms with Crippen LogP contribution in [0.15, 0.2) is 16.6 Å². The predicted octanol–water partition coefficient (Wildman–Crippen LogP) is 3.38. The van der Waals surface area contributed by atoms with Crippen LogP contribution in [0.4, 0.5) is 5.82 Å². The van der Waals surface area contributed by atoms with Crippen LogP contribution in [0.3, 0.4) is 0 Å². The lowest BCUT2D eigenvalue weighted by atomic mass is 10.0. The van der Waals surface area contributed by atoms with Gasteiger partial charge >= 0.3 is 0 Å². The summed E-state index contributed by atoms with van der Waals surface area (Å²) in [6, 6.07) is 3.80. The van der Waals surface area contributed by atoms with Crippen molar-refractivity contribution >= 4 is 27.7 Å². The van der Waals surface area contributed by atoms with Crippen molar-refractivity contribution in [1.82, 2.24) is 4.98 Å². The lowest BCUT2D eigenvalue weighted by Crippen LogP contribution is -2.19. The van der Waals surface area contributed by atoms with Crippen LogP contribution in [-0.2, 0) is 4.79 Å². The van der Waals surface area contributed by atoms with Crippen LogP contribution in [0, 0.1) is 36.5 Å². The third kappa shape index (κ3) is 1.76. The second-order valence-electron chi connectivity index (χ2n) is 6.27. The van der Waals surface area contributed by atoms with Gasteiger partial charge in [0.15, 0.2) is 0 Å². The van der Waals surface area contributed by atoms with Crippen LogP contribution < -0.4 is 5.32 Å². The first-order chi connectivity index (χ1) is 9.15. The van der Waals surface area contributed by atoms with E-state index in [-0.39, 0.29) is 11.8 Å². The summed E-state index contributed by atoms with van der Waals surface area (Å²) in [5.74, 6) is 4.21. The van der Waals surface area contributed by atoms with Crippen LogP contribution >= 0.6 is 15.9 Å². The fourth-order valence-electron chi connectivity index (χ4n) is 4.50. The fourth-order valence-corrected chi connectivity index (χ4v) is 4.72. The summed E-state index contributed by atoms with van der Waals surface area (Å²) in [5.41, 5.74) is 0.911. The molecule has 0 saturated heterocycles. The van der Waals surface area contributed by atoms with Crippen molar-refractivity contribution < 1.29 is 4.79 Å². The maximum atomic E-state index is 12.3. The fraction of sp³-hybridized carbons (Fsp3) is 0.600. The molecule has 1 aromatic heterocycles. The van der Waals surface area contributed by atoms with E-state index in [1.54, 1.807) is 0 Å². The third-order valence-electron chi connectivity index (χ3n) is 5.31. The van der Waals surface area contributed by atoms with Gasteiger partial charge < -0.3 is 5.32 Å². The van der Waals surface area contributed by atoms with Crippen molar-refractivity contribution in [3.63, 3.8) is 0 Å². The zero-order valence-electron chi connectivity index (χ0n) is 10.9. The molecule has 3 aliphatic carbocycles. The van der Waals surface area contributed by atoms with Crippen LogP contribution in [-0.4, -0.2) is 10.9 Å². The van der Waals surface area contributed by atoms with Crippen molar-refractivity contribution in [3.05, 3.63) is 22.3 Å². The van der Waals surface area contributed by atoms with Gasteiger partial charge in [-0.05, 0) is 77.9 Å². The van der Waals surface area contributed by atoms with Crippen molar-refractivity contribution in [2.75, 3.05) is 5.32 Å². The number of pyridine rings is 1. The highest BCUT2D eigenvalue weighted by molar-refractivity contribution is 9.10. The number of aryl methyl sites for hydroxylation is 1. The van der Waals surface area contributed by atoms with Gasteiger partial charge in [-0.15, -0.1) is 0 Å². The van der Waals surface area contributed by atoms with Crippen molar-refractivity contribution in [2.45, 2.75) is 26.2 Å². The molecule has 0 spiro atoms. The van der Waals surface area contributed by atoms with Gasteiger partial charge in [-0.25, -0.2) is 4.98 Å². The summed E-state index contributed by atoms with van der Waals surface area (Å²) in [6.45, 7) is 1.94. The van der Waals surface area contributed by atoms with E-state index < -0.39 is 0 Å². The lowest BCUT2D eigenvalue weighted by Gasteiger charge is -2.09. The smallest absolute Gasteiger partial charge is 0.229 e. The highest BCUT2D eigenvalue weighted by atomic mass is 79.9. The number of anilines is 1. The number of nitrogens with one attached hydrogen (secondary N) is 1. The Balaban J connectivity index is 1.47. The number of aromatic nitrogens is 1. The van der Waals surface area contributed by atoms with Gasteiger partial charge in [-0.1, -0.05) is 0 Å². The molecule has 100 valence electrons. The Bertz CT molecular complexity index is 543. The molecule has 4 rings (SSSR count). The molecule has 0 aliphatic heterocycles. The van der Waals surface area contributed by atoms with Gasteiger partial charge in [0.05, 0.1) is 5.69 Å². The van der Waals surface area contributed by atoms with Gasteiger partial charge in [-0.3, -0.25) is 4.79 Å². The van der Waals surface area contributed by atoms with Crippen LogP contribution in [0.5, 0.6) is 0 Å². The largest absolute Gasteiger partial charge is 0.310 e. The third-order valence-corrected chi connectivity index (χ3v) is 6.15. The molecule has 3 saturated carbocycles. The molecule has 1 N–H and O–H groups in total. The minimum Gasteiger partial charge on any atom is -0.310 e. The van der Waals surface area contributed by atoms with Crippen molar-refractivity contribution in [2.24, 2.45) is 29.6 Å². The first kappa shape index (κ1) is 11.9. The van der Waals surface area contributed by atoms with Gasteiger partial charge in [0, 0.05) is 10.4 Å². The summed E-state index contributed by atoms with van der Waals surface area (Å²) in [4.78, 5) is 16.7. The molecular formula is C15H17BrN2O. The molecule has 4 heteroatoms. The normalized spacial score (nSPS) is 38.1. The molecule has 2 bridgehead atoms. The SMILES string of the molecule is Cc1nc(NC(=O)C2C3C4CCC(C4)C23)ccc1Br. The standard InChI is InChI=1S/C15H17BrN2O/c1-7-10(16)4-5-11(17-7)18-15(19)14-12-8-2-3-9(6-8)13(12)14/h4-5,8-9,12-14H,2-3,6H2,1H3,(H,17,18,19). The van der Waals surface area contributed by atoms with Crippen LogP contribution in [0.1, 0.15) is 25.0 Å². The molecule has 4 atom stereocenters. The summed E-state index contributed by atoms with van der Waals surface area (Å²) in [7, 11) is 0. The average Bonchev–Trinajstić information content (AvgIpc) is 2.83. The van der Waals surface area contributed by atoms with E-state index in [9.17, 15) is 4.79 Å². The van der Waals surface area contributed by atoms with Gasteiger partial charge in [0.2, 0.25) is 5.91 Å². The zero-order chi connectivity index (χ0) is 13.1. The van der Waals surface area contributed by atoms with E-state index in [0.29, 0.717) is 17.7 Å². The highest BCUT2D eigenvalue weighted by Crippen LogP contribution is 2.69. The second kappa shape index (κ2) is 4.05. The summed E-state index contributed by atoms with van der Waals surface area (Å²) in [5, 5.41) is 3.00. The molecule has 19 heavy (non-hydrogen) atoms. The van der Waals surface area contributed by atoms with Crippen molar-refractivity contribution in [3.8, 4) is 0 Å². The molecule has 4 unspecified atom stereocenters. The molecular weight excluding hydrogens is 304 g/mol. The molecule has 0 aromatic carbocycles. The van der Waals surface area contributed by atoms with E-state index in [1.807, 2.05) is 19.1 Å². The number of rotatable bonds is 2. The van der Waals surface area contributed by atoms with E-state index in [0.717, 1.165) is 22.0 Å². The summed E-state index contributed by atoms with van der Waals surface area (Å²) < 4.78 is 0.979. The molecule has 3 aliphatic rings. The molecule has 1 amide bonds.